The quantitative estimate of drug-likeness (QED) is 0.706. The molecular formula is C18H27ClFN. The highest BCUT2D eigenvalue weighted by atomic mass is 35.5. The fourth-order valence-electron chi connectivity index (χ4n) is 3.70. The van der Waals surface area contributed by atoms with Crippen LogP contribution in [0.1, 0.15) is 63.5 Å². The Morgan fingerprint density at radius 3 is 2.62 bits per heavy atom. The number of rotatable bonds is 6. The van der Waals surface area contributed by atoms with Gasteiger partial charge in [0, 0.05) is 11.1 Å². The van der Waals surface area contributed by atoms with E-state index in [1.54, 1.807) is 12.1 Å². The van der Waals surface area contributed by atoms with Crippen molar-refractivity contribution >= 4 is 11.6 Å². The van der Waals surface area contributed by atoms with Crippen LogP contribution in [-0.4, -0.2) is 7.05 Å². The molecule has 3 heteroatoms. The van der Waals surface area contributed by atoms with Gasteiger partial charge in [-0.25, -0.2) is 4.39 Å². The molecule has 0 bridgehead atoms. The zero-order chi connectivity index (χ0) is 15.2. The summed E-state index contributed by atoms with van der Waals surface area (Å²) in [6.45, 7) is 2.26. The van der Waals surface area contributed by atoms with E-state index in [9.17, 15) is 4.39 Å². The molecule has 1 aliphatic rings. The minimum Gasteiger partial charge on any atom is -0.313 e. The van der Waals surface area contributed by atoms with Crippen LogP contribution in [0.4, 0.5) is 4.39 Å². The number of hydrogen-bond acceptors (Lipinski definition) is 1. The lowest BCUT2D eigenvalue weighted by Crippen LogP contribution is -2.29. The average Bonchev–Trinajstić information content (AvgIpc) is 2.50. The first-order valence-corrected chi connectivity index (χ1v) is 8.65. The van der Waals surface area contributed by atoms with Gasteiger partial charge in [0.2, 0.25) is 0 Å². The monoisotopic (exact) mass is 311 g/mol. The molecule has 1 nitrogen and oxygen atoms in total. The van der Waals surface area contributed by atoms with Crippen LogP contribution in [0, 0.1) is 17.7 Å². The Labute approximate surface area is 133 Å². The maximum absolute atomic E-state index is 13.5. The highest BCUT2D eigenvalue weighted by Crippen LogP contribution is 2.40. The summed E-state index contributed by atoms with van der Waals surface area (Å²) in [5.41, 5.74) is 0.913. The minimum atomic E-state index is -0.203. The van der Waals surface area contributed by atoms with E-state index >= 15 is 0 Å². The number of benzene rings is 1. The summed E-state index contributed by atoms with van der Waals surface area (Å²) in [6.07, 6.45) is 9.04. The van der Waals surface area contributed by atoms with Gasteiger partial charge in [-0.3, -0.25) is 0 Å². The van der Waals surface area contributed by atoms with Gasteiger partial charge in [-0.05, 0) is 55.5 Å². The van der Waals surface area contributed by atoms with E-state index in [-0.39, 0.29) is 11.9 Å². The van der Waals surface area contributed by atoms with Gasteiger partial charge in [-0.15, -0.1) is 0 Å². The molecule has 2 rings (SSSR count). The van der Waals surface area contributed by atoms with Crippen molar-refractivity contribution in [1.29, 1.82) is 0 Å². The van der Waals surface area contributed by atoms with E-state index < -0.39 is 0 Å². The van der Waals surface area contributed by atoms with Gasteiger partial charge in [-0.2, -0.15) is 0 Å². The van der Waals surface area contributed by atoms with E-state index in [0.717, 1.165) is 11.5 Å². The summed E-state index contributed by atoms with van der Waals surface area (Å²) in [5, 5.41) is 4.03. The molecule has 1 aromatic carbocycles. The predicted molar refractivity (Wildman–Crippen MR) is 88.2 cm³/mol. The molecule has 0 heterocycles. The molecular weight excluding hydrogens is 285 g/mol. The van der Waals surface area contributed by atoms with E-state index in [0.29, 0.717) is 10.9 Å². The maximum atomic E-state index is 13.5. The van der Waals surface area contributed by atoms with Gasteiger partial charge in [0.05, 0.1) is 0 Å². The highest BCUT2D eigenvalue weighted by molar-refractivity contribution is 6.31. The topological polar surface area (TPSA) is 12.0 Å². The molecule has 0 saturated heterocycles. The Bertz CT molecular complexity index is 441. The molecule has 21 heavy (non-hydrogen) atoms. The molecule has 1 unspecified atom stereocenters. The third-order valence-corrected chi connectivity index (χ3v) is 5.28. The van der Waals surface area contributed by atoms with Gasteiger partial charge in [0.25, 0.3) is 0 Å². The highest BCUT2D eigenvalue weighted by Gasteiger charge is 2.28. The van der Waals surface area contributed by atoms with Crippen molar-refractivity contribution in [3.8, 4) is 0 Å². The molecule has 0 aliphatic heterocycles. The number of halogens is 2. The zero-order valence-corrected chi connectivity index (χ0v) is 13.9. The van der Waals surface area contributed by atoms with Crippen molar-refractivity contribution < 1.29 is 4.39 Å². The van der Waals surface area contributed by atoms with Gasteiger partial charge in [0.15, 0.2) is 0 Å². The Hall–Kier alpha value is -0.600. The van der Waals surface area contributed by atoms with Gasteiger partial charge in [-0.1, -0.05) is 50.6 Å². The SMILES string of the molecule is CCCCC1CCC(C(NC)c2cc(F)ccc2Cl)CC1. The van der Waals surface area contributed by atoms with Crippen LogP contribution in [0.2, 0.25) is 5.02 Å². The maximum Gasteiger partial charge on any atom is 0.123 e. The van der Waals surface area contributed by atoms with Crippen LogP contribution >= 0.6 is 11.6 Å². The van der Waals surface area contributed by atoms with Gasteiger partial charge in [0.1, 0.15) is 5.82 Å². The van der Waals surface area contributed by atoms with Crippen LogP contribution in [-0.2, 0) is 0 Å². The van der Waals surface area contributed by atoms with E-state index in [2.05, 4.69) is 12.2 Å². The summed E-state index contributed by atoms with van der Waals surface area (Å²) in [7, 11) is 1.95. The van der Waals surface area contributed by atoms with E-state index in [4.69, 9.17) is 11.6 Å². The standard InChI is InChI=1S/C18H27ClFN/c1-3-4-5-13-6-8-14(9-7-13)18(21-2)16-12-15(20)10-11-17(16)19/h10-14,18,21H,3-9H2,1-2H3. The lowest BCUT2D eigenvalue weighted by molar-refractivity contribution is 0.218. The summed E-state index contributed by atoms with van der Waals surface area (Å²) in [5.74, 6) is 1.25. The van der Waals surface area contributed by atoms with Crippen LogP contribution in [0.25, 0.3) is 0 Å². The molecule has 1 atom stereocenters. The van der Waals surface area contributed by atoms with Crippen molar-refractivity contribution in [2.45, 2.75) is 57.9 Å². The van der Waals surface area contributed by atoms with Crippen LogP contribution in [0.15, 0.2) is 18.2 Å². The summed E-state index contributed by atoms with van der Waals surface area (Å²) >= 11 is 6.28. The third kappa shape index (κ3) is 4.43. The fraction of sp³-hybridized carbons (Fsp3) is 0.667. The molecule has 1 fully saturated rings. The molecule has 0 amide bonds. The molecule has 1 aliphatic carbocycles. The van der Waals surface area contributed by atoms with Crippen molar-refractivity contribution in [3.05, 3.63) is 34.6 Å². The second kappa shape index (κ2) is 8.14. The largest absolute Gasteiger partial charge is 0.313 e. The van der Waals surface area contributed by atoms with Crippen molar-refractivity contribution in [2.75, 3.05) is 7.05 Å². The van der Waals surface area contributed by atoms with Gasteiger partial charge < -0.3 is 5.32 Å². The van der Waals surface area contributed by atoms with E-state index in [1.807, 2.05) is 7.05 Å². The molecule has 118 valence electrons. The minimum absolute atomic E-state index is 0.167. The summed E-state index contributed by atoms with van der Waals surface area (Å²) in [6, 6.07) is 4.86. The van der Waals surface area contributed by atoms with Crippen molar-refractivity contribution in [2.24, 2.45) is 11.8 Å². The molecule has 0 spiro atoms. The third-order valence-electron chi connectivity index (χ3n) is 4.93. The average molecular weight is 312 g/mol. The van der Waals surface area contributed by atoms with Gasteiger partial charge >= 0.3 is 0 Å². The smallest absolute Gasteiger partial charge is 0.123 e. The lowest BCUT2D eigenvalue weighted by Gasteiger charge is -2.34. The molecule has 1 N–H and O–H groups in total. The number of unbranched alkanes of at least 4 members (excludes halogenated alkanes) is 1. The van der Waals surface area contributed by atoms with Crippen LogP contribution in [0.3, 0.4) is 0 Å². The molecule has 0 radical (unpaired) electrons. The van der Waals surface area contributed by atoms with Crippen LogP contribution < -0.4 is 5.32 Å². The second-order valence-electron chi connectivity index (χ2n) is 6.36. The summed E-state index contributed by atoms with van der Waals surface area (Å²) in [4.78, 5) is 0. The first kappa shape index (κ1) is 16.8. The Morgan fingerprint density at radius 1 is 1.29 bits per heavy atom. The Morgan fingerprint density at radius 2 is 2.00 bits per heavy atom. The normalized spacial score (nSPS) is 24.0. The fourth-order valence-corrected chi connectivity index (χ4v) is 3.94. The van der Waals surface area contributed by atoms with Crippen LogP contribution in [0.5, 0.6) is 0 Å². The molecule has 1 aromatic rings. The summed E-state index contributed by atoms with van der Waals surface area (Å²) < 4.78 is 13.5. The van der Waals surface area contributed by atoms with Crippen molar-refractivity contribution in [1.82, 2.24) is 5.32 Å². The second-order valence-corrected chi connectivity index (χ2v) is 6.76. The number of hydrogen-bond donors (Lipinski definition) is 1. The zero-order valence-electron chi connectivity index (χ0n) is 13.2. The molecule has 1 saturated carbocycles. The number of nitrogens with one attached hydrogen (secondary N) is 1. The first-order valence-electron chi connectivity index (χ1n) is 8.28. The predicted octanol–water partition coefficient (Wildman–Crippen LogP) is 5.74. The Kier molecular flexibility index (Phi) is 6.50. The van der Waals surface area contributed by atoms with E-state index in [1.165, 1.54) is 51.0 Å². The Balaban J connectivity index is 2.01. The first-order chi connectivity index (χ1) is 10.2. The molecule has 0 aromatic heterocycles. The van der Waals surface area contributed by atoms with Crippen molar-refractivity contribution in [3.63, 3.8) is 0 Å². The lowest BCUT2D eigenvalue weighted by atomic mass is 9.75.